The molecule has 2 rings (SSSR count). The quantitative estimate of drug-likeness (QED) is 0.937. The highest BCUT2D eigenvalue weighted by molar-refractivity contribution is 7.92. The maximum absolute atomic E-state index is 13.5. The number of aryl methyl sites for hydroxylation is 1. The van der Waals surface area contributed by atoms with Gasteiger partial charge in [0.2, 0.25) is 0 Å². The molecule has 20 heavy (non-hydrogen) atoms. The Hall–Kier alpha value is -1.66. The molecule has 0 heterocycles. The third-order valence-electron chi connectivity index (χ3n) is 2.55. The first kappa shape index (κ1) is 14.7. The van der Waals surface area contributed by atoms with Gasteiger partial charge >= 0.3 is 0 Å². The summed E-state index contributed by atoms with van der Waals surface area (Å²) in [5.74, 6) is -1.63. The van der Waals surface area contributed by atoms with E-state index in [1.165, 1.54) is 12.1 Å². The van der Waals surface area contributed by atoms with Crippen molar-refractivity contribution in [1.82, 2.24) is 0 Å². The molecule has 0 bridgehead atoms. The topological polar surface area (TPSA) is 46.2 Å². The van der Waals surface area contributed by atoms with Crippen LogP contribution in [0.5, 0.6) is 0 Å². The van der Waals surface area contributed by atoms with Crippen LogP contribution < -0.4 is 4.72 Å². The van der Waals surface area contributed by atoms with Crippen molar-refractivity contribution in [2.75, 3.05) is 4.72 Å². The molecule has 1 N–H and O–H groups in total. The van der Waals surface area contributed by atoms with E-state index >= 15 is 0 Å². The van der Waals surface area contributed by atoms with Gasteiger partial charge in [-0.05, 0) is 36.8 Å². The molecule has 0 amide bonds. The molecule has 0 aromatic heterocycles. The van der Waals surface area contributed by atoms with Gasteiger partial charge < -0.3 is 0 Å². The summed E-state index contributed by atoms with van der Waals surface area (Å²) in [7, 11) is -4.09. The lowest BCUT2D eigenvalue weighted by Gasteiger charge is -2.10. The second kappa shape index (κ2) is 5.38. The lowest BCUT2D eigenvalue weighted by molar-refractivity contribution is 0.594. The lowest BCUT2D eigenvalue weighted by atomic mass is 10.2. The molecule has 0 atom stereocenters. The Morgan fingerprint density at radius 2 is 1.80 bits per heavy atom. The lowest BCUT2D eigenvalue weighted by Crippen LogP contribution is -2.14. The maximum atomic E-state index is 13.5. The van der Waals surface area contributed by atoms with E-state index in [1.54, 1.807) is 13.0 Å². The summed E-state index contributed by atoms with van der Waals surface area (Å²) in [6.07, 6.45) is 0. The van der Waals surface area contributed by atoms with Crippen molar-refractivity contribution in [2.45, 2.75) is 11.8 Å². The summed E-state index contributed by atoms with van der Waals surface area (Å²) < 4.78 is 52.7. The highest BCUT2D eigenvalue weighted by atomic mass is 35.5. The van der Waals surface area contributed by atoms with Crippen LogP contribution in [0.1, 0.15) is 5.56 Å². The van der Waals surface area contributed by atoms with Crippen molar-refractivity contribution in [3.05, 3.63) is 58.6 Å². The number of anilines is 1. The molecule has 7 heteroatoms. The normalized spacial score (nSPS) is 11.4. The first-order valence-electron chi connectivity index (χ1n) is 5.53. The minimum absolute atomic E-state index is 0.00862. The van der Waals surface area contributed by atoms with Gasteiger partial charge in [-0.3, -0.25) is 4.72 Å². The molecule has 0 fully saturated rings. The minimum Gasteiger partial charge on any atom is -0.277 e. The van der Waals surface area contributed by atoms with Gasteiger partial charge in [0.05, 0.1) is 10.7 Å². The number of hydrogen-bond acceptors (Lipinski definition) is 2. The van der Waals surface area contributed by atoms with Crippen LogP contribution in [0.3, 0.4) is 0 Å². The van der Waals surface area contributed by atoms with Gasteiger partial charge in [-0.15, -0.1) is 0 Å². The van der Waals surface area contributed by atoms with E-state index in [4.69, 9.17) is 11.6 Å². The SMILES string of the molecule is Cc1ccc(S(=O)(=O)Nc2cc(F)ccc2F)c(Cl)c1. The zero-order valence-corrected chi connectivity index (χ0v) is 11.9. The van der Waals surface area contributed by atoms with E-state index in [2.05, 4.69) is 0 Å². The van der Waals surface area contributed by atoms with Crippen molar-refractivity contribution >= 4 is 27.3 Å². The average Bonchev–Trinajstić information content (AvgIpc) is 2.33. The number of benzene rings is 2. The molecule has 3 nitrogen and oxygen atoms in total. The fourth-order valence-corrected chi connectivity index (χ4v) is 3.26. The van der Waals surface area contributed by atoms with Crippen LogP contribution in [0.15, 0.2) is 41.3 Å². The molecule has 0 spiro atoms. The summed E-state index contributed by atoms with van der Waals surface area (Å²) in [5, 5.41) is 0.00862. The van der Waals surface area contributed by atoms with Crippen LogP contribution >= 0.6 is 11.6 Å². The van der Waals surface area contributed by atoms with Gasteiger partial charge in [-0.25, -0.2) is 17.2 Å². The molecule has 0 aliphatic carbocycles. The van der Waals surface area contributed by atoms with Gasteiger partial charge in [0, 0.05) is 6.07 Å². The van der Waals surface area contributed by atoms with Crippen LogP contribution in [0.25, 0.3) is 0 Å². The first-order chi connectivity index (χ1) is 9.29. The fourth-order valence-electron chi connectivity index (χ4n) is 1.60. The van der Waals surface area contributed by atoms with Crippen LogP contribution in [0, 0.1) is 18.6 Å². The molecule has 2 aromatic rings. The summed E-state index contributed by atoms with van der Waals surface area (Å²) in [6.45, 7) is 1.75. The van der Waals surface area contributed by atoms with Crippen molar-refractivity contribution in [3.63, 3.8) is 0 Å². The van der Waals surface area contributed by atoms with Gasteiger partial charge in [-0.2, -0.15) is 0 Å². The van der Waals surface area contributed by atoms with Crippen LogP contribution in [-0.4, -0.2) is 8.42 Å². The molecule has 0 saturated heterocycles. The Morgan fingerprint density at radius 1 is 1.10 bits per heavy atom. The predicted molar refractivity (Wildman–Crippen MR) is 73.4 cm³/mol. The number of rotatable bonds is 3. The molecule has 0 saturated carbocycles. The molecule has 106 valence electrons. The van der Waals surface area contributed by atoms with E-state index < -0.39 is 27.3 Å². The number of halogens is 3. The largest absolute Gasteiger partial charge is 0.277 e. The molecule has 0 radical (unpaired) electrons. The molecule has 2 aromatic carbocycles. The smallest absolute Gasteiger partial charge is 0.263 e. The molecule has 0 unspecified atom stereocenters. The van der Waals surface area contributed by atoms with Gasteiger partial charge in [0.25, 0.3) is 10.0 Å². The standard InChI is InChI=1S/C13H10ClF2NO2S/c1-8-2-5-13(10(14)6-8)20(18,19)17-12-7-9(15)3-4-11(12)16/h2-7,17H,1H3. The second-order valence-corrected chi connectivity index (χ2v) is 6.22. The Morgan fingerprint density at radius 3 is 2.45 bits per heavy atom. The maximum Gasteiger partial charge on any atom is 0.263 e. The van der Waals surface area contributed by atoms with Crippen LogP contribution in [0.4, 0.5) is 14.5 Å². The second-order valence-electron chi connectivity index (χ2n) is 4.16. The van der Waals surface area contributed by atoms with Gasteiger partial charge in [-0.1, -0.05) is 17.7 Å². The fraction of sp³-hybridized carbons (Fsp3) is 0.0769. The molecular weight excluding hydrogens is 308 g/mol. The summed E-state index contributed by atoms with van der Waals surface area (Å²) >= 11 is 5.86. The van der Waals surface area contributed by atoms with Crippen LogP contribution in [-0.2, 0) is 10.0 Å². The molecular formula is C13H10ClF2NO2S. The predicted octanol–water partition coefficient (Wildman–Crippen LogP) is 3.73. The summed E-state index contributed by atoms with van der Waals surface area (Å²) in [4.78, 5) is -0.201. The Bertz CT molecular complexity index is 763. The number of hydrogen-bond donors (Lipinski definition) is 1. The Balaban J connectivity index is 2.43. The zero-order chi connectivity index (χ0) is 14.9. The Kier molecular flexibility index (Phi) is 3.96. The van der Waals surface area contributed by atoms with Crippen LogP contribution in [0.2, 0.25) is 5.02 Å². The first-order valence-corrected chi connectivity index (χ1v) is 7.40. The van der Waals surface area contributed by atoms with Gasteiger partial charge in [0.1, 0.15) is 16.5 Å². The highest BCUT2D eigenvalue weighted by Gasteiger charge is 2.19. The average molecular weight is 318 g/mol. The van der Waals surface area contributed by atoms with Crippen molar-refractivity contribution in [1.29, 1.82) is 0 Å². The van der Waals surface area contributed by atoms with E-state index in [-0.39, 0.29) is 9.92 Å². The molecule has 0 aliphatic rings. The minimum atomic E-state index is -4.09. The monoisotopic (exact) mass is 317 g/mol. The Labute approximate surface area is 120 Å². The van der Waals surface area contributed by atoms with Crippen molar-refractivity contribution in [3.8, 4) is 0 Å². The van der Waals surface area contributed by atoms with E-state index in [1.807, 2.05) is 4.72 Å². The highest BCUT2D eigenvalue weighted by Crippen LogP contribution is 2.26. The molecule has 0 aliphatic heterocycles. The van der Waals surface area contributed by atoms with E-state index in [0.717, 1.165) is 23.8 Å². The third kappa shape index (κ3) is 3.08. The van der Waals surface area contributed by atoms with Crippen molar-refractivity contribution < 1.29 is 17.2 Å². The third-order valence-corrected chi connectivity index (χ3v) is 4.40. The number of nitrogens with one attached hydrogen (secondary N) is 1. The van der Waals surface area contributed by atoms with E-state index in [9.17, 15) is 17.2 Å². The van der Waals surface area contributed by atoms with Gasteiger partial charge in [0.15, 0.2) is 0 Å². The summed E-state index contributed by atoms with van der Waals surface area (Å²) in [5.41, 5.74) is 0.313. The van der Waals surface area contributed by atoms with Crippen molar-refractivity contribution in [2.24, 2.45) is 0 Å². The zero-order valence-electron chi connectivity index (χ0n) is 10.3. The number of sulfonamides is 1. The van der Waals surface area contributed by atoms with E-state index in [0.29, 0.717) is 0 Å². The summed E-state index contributed by atoms with van der Waals surface area (Å²) in [6, 6.07) is 6.82.